The summed E-state index contributed by atoms with van der Waals surface area (Å²) in [6.45, 7) is 0. The van der Waals surface area contributed by atoms with E-state index in [1.54, 1.807) is 0 Å². The van der Waals surface area contributed by atoms with Crippen LogP contribution in [0, 0.1) is 0 Å². The van der Waals surface area contributed by atoms with Gasteiger partial charge in [-0.25, -0.2) is 4.98 Å². The van der Waals surface area contributed by atoms with Gasteiger partial charge >= 0.3 is 0 Å². The number of hydrogen-bond donors (Lipinski definition) is 0. The Morgan fingerprint density at radius 3 is 2.02 bits per heavy atom. The average molecular weight is 514 g/mol. The summed E-state index contributed by atoms with van der Waals surface area (Å²) in [6.07, 6.45) is 1.82. The van der Waals surface area contributed by atoms with Gasteiger partial charge in [0, 0.05) is 16.5 Å². The first kappa shape index (κ1) is 21.5. The SMILES string of the molecule is [2H]c1ccc2cc3occ(-c4nc5ccccc5n4-c4c(-c5ccccc5)cccc4-c4ccccc4)c3cc2c1. The van der Waals surface area contributed by atoms with E-state index in [2.05, 4.69) is 95.6 Å². The number of aromatic nitrogens is 2. The van der Waals surface area contributed by atoms with E-state index >= 15 is 0 Å². The summed E-state index contributed by atoms with van der Waals surface area (Å²) in [4.78, 5) is 5.21. The van der Waals surface area contributed by atoms with Crippen molar-refractivity contribution in [2.75, 3.05) is 0 Å². The summed E-state index contributed by atoms with van der Waals surface area (Å²) >= 11 is 0. The van der Waals surface area contributed by atoms with Crippen LogP contribution in [0.15, 0.2) is 150 Å². The molecule has 0 spiro atoms. The van der Waals surface area contributed by atoms with Crippen molar-refractivity contribution >= 4 is 32.8 Å². The van der Waals surface area contributed by atoms with Crippen molar-refractivity contribution in [2.24, 2.45) is 0 Å². The molecule has 6 aromatic carbocycles. The van der Waals surface area contributed by atoms with E-state index in [1.807, 2.05) is 48.7 Å². The summed E-state index contributed by atoms with van der Waals surface area (Å²) < 4.78 is 16.6. The van der Waals surface area contributed by atoms with Gasteiger partial charge in [0.25, 0.3) is 0 Å². The highest BCUT2D eigenvalue weighted by Crippen LogP contribution is 2.42. The fourth-order valence-electron chi connectivity index (χ4n) is 5.74. The monoisotopic (exact) mass is 513 g/mol. The van der Waals surface area contributed by atoms with E-state index < -0.39 is 0 Å². The second-order valence-electron chi connectivity index (χ2n) is 9.96. The Bertz CT molecular complexity index is 2150. The molecular formula is C37H24N2O. The van der Waals surface area contributed by atoms with Crippen molar-refractivity contribution < 1.29 is 5.79 Å². The van der Waals surface area contributed by atoms with Crippen molar-refractivity contribution in [3.05, 3.63) is 146 Å². The highest BCUT2D eigenvalue weighted by atomic mass is 16.3. The van der Waals surface area contributed by atoms with Crippen molar-refractivity contribution in [3.63, 3.8) is 0 Å². The number of furan rings is 1. The molecule has 0 unspecified atom stereocenters. The van der Waals surface area contributed by atoms with Crippen LogP contribution in [0.1, 0.15) is 1.37 Å². The van der Waals surface area contributed by atoms with Crippen molar-refractivity contribution in [1.29, 1.82) is 0 Å². The van der Waals surface area contributed by atoms with E-state index in [1.165, 1.54) is 0 Å². The van der Waals surface area contributed by atoms with Crippen molar-refractivity contribution in [1.82, 2.24) is 9.55 Å². The molecule has 0 aliphatic carbocycles. The lowest BCUT2D eigenvalue weighted by atomic mass is 9.95. The molecule has 40 heavy (non-hydrogen) atoms. The minimum Gasteiger partial charge on any atom is -0.464 e. The summed E-state index contributed by atoms with van der Waals surface area (Å²) in [5.74, 6) is 0.812. The van der Waals surface area contributed by atoms with Gasteiger partial charge in [0.05, 0.1) is 23.7 Å². The van der Waals surface area contributed by atoms with Crippen LogP contribution in [0.3, 0.4) is 0 Å². The van der Waals surface area contributed by atoms with Gasteiger partial charge in [-0.15, -0.1) is 0 Å². The third-order valence-electron chi connectivity index (χ3n) is 7.61. The van der Waals surface area contributed by atoms with Crippen molar-refractivity contribution in [2.45, 2.75) is 0 Å². The Morgan fingerprint density at radius 1 is 0.600 bits per heavy atom. The number of hydrogen-bond acceptors (Lipinski definition) is 2. The molecule has 0 N–H and O–H groups in total. The highest BCUT2D eigenvalue weighted by Gasteiger charge is 2.23. The molecule has 0 fully saturated rings. The quantitative estimate of drug-likeness (QED) is 0.234. The van der Waals surface area contributed by atoms with Gasteiger partial charge < -0.3 is 4.42 Å². The van der Waals surface area contributed by atoms with Gasteiger partial charge in [0.2, 0.25) is 0 Å². The average Bonchev–Trinajstić information content (AvgIpc) is 3.61. The Morgan fingerprint density at radius 2 is 1.27 bits per heavy atom. The molecule has 0 aliphatic heterocycles. The first-order valence-corrected chi connectivity index (χ1v) is 13.4. The summed E-state index contributed by atoms with van der Waals surface area (Å²) in [5, 5.41) is 3.02. The Kier molecular flexibility index (Phi) is 4.90. The molecule has 0 bridgehead atoms. The number of rotatable bonds is 4. The van der Waals surface area contributed by atoms with Crippen LogP contribution in [0.4, 0.5) is 0 Å². The molecule has 2 heterocycles. The molecule has 3 heteroatoms. The fraction of sp³-hybridized carbons (Fsp3) is 0. The standard InChI is InChI=1S/C37H24N2O/c1-3-12-25(13-4-1)29-18-11-19-30(26-14-5-2-6-15-26)36(29)39-34-21-10-9-20-33(34)38-37(39)32-24-40-35-23-28-17-8-7-16-27(28)22-31(32)35/h1-24H/i7D. The molecule has 0 amide bonds. The van der Waals surface area contributed by atoms with E-state index in [-0.39, 0.29) is 0 Å². The smallest absolute Gasteiger partial charge is 0.149 e. The molecule has 2 aromatic heterocycles. The number of benzene rings is 6. The highest BCUT2D eigenvalue weighted by molar-refractivity contribution is 6.04. The number of fused-ring (bicyclic) bond motifs is 3. The molecule has 0 saturated heterocycles. The van der Waals surface area contributed by atoms with Gasteiger partial charge in [0.15, 0.2) is 0 Å². The fourth-order valence-corrected chi connectivity index (χ4v) is 5.74. The third-order valence-corrected chi connectivity index (χ3v) is 7.61. The molecule has 188 valence electrons. The normalized spacial score (nSPS) is 11.8. The lowest BCUT2D eigenvalue weighted by molar-refractivity contribution is 0.617. The molecule has 3 nitrogen and oxygen atoms in total. The zero-order valence-corrected chi connectivity index (χ0v) is 21.6. The third kappa shape index (κ3) is 3.56. The van der Waals surface area contributed by atoms with Gasteiger partial charge in [-0.1, -0.05) is 115 Å². The number of para-hydroxylation sites is 3. The minimum absolute atomic E-state index is 0.485. The maximum Gasteiger partial charge on any atom is 0.149 e. The van der Waals surface area contributed by atoms with E-state index in [9.17, 15) is 0 Å². The number of imidazole rings is 1. The zero-order valence-electron chi connectivity index (χ0n) is 22.6. The van der Waals surface area contributed by atoms with Crippen LogP contribution >= 0.6 is 0 Å². The molecular weight excluding hydrogens is 488 g/mol. The summed E-state index contributed by atoms with van der Waals surface area (Å²) in [5.41, 5.74) is 9.21. The molecule has 0 aliphatic rings. The Balaban J connectivity index is 1.49. The van der Waals surface area contributed by atoms with E-state index in [0.29, 0.717) is 6.04 Å². The summed E-state index contributed by atoms with van der Waals surface area (Å²) in [7, 11) is 0. The van der Waals surface area contributed by atoms with Crippen molar-refractivity contribution in [3.8, 4) is 39.3 Å². The maximum absolute atomic E-state index is 8.16. The minimum atomic E-state index is 0.485. The van der Waals surface area contributed by atoms with Gasteiger partial charge in [0.1, 0.15) is 17.7 Å². The van der Waals surface area contributed by atoms with Crippen LogP contribution in [0.2, 0.25) is 0 Å². The number of nitrogens with zero attached hydrogens (tertiary/aromatic N) is 2. The molecule has 8 rings (SSSR count). The first-order chi connectivity index (χ1) is 20.2. The molecule has 0 atom stereocenters. The zero-order chi connectivity index (χ0) is 27.3. The Hall–Kier alpha value is -5.41. The molecule has 0 radical (unpaired) electrons. The topological polar surface area (TPSA) is 31.0 Å². The second kappa shape index (κ2) is 9.11. The van der Waals surface area contributed by atoms with Crippen LogP contribution in [-0.2, 0) is 0 Å². The second-order valence-corrected chi connectivity index (χ2v) is 9.96. The van der Waals surface area contributed by atoms with Crippen LogP contribution in [0.5, 0.6) is 0 Å². The lowest BCUT2D eigenvalue weighted by Gasteiger charge is -2.19. The van der Waals surface area contributed by atoms with Crippen LogP contribution < -0.4 is 0 Å². The first-order valence-electron chi connectivity index (χ1n) is 13.9. The van der Waals surface area contributed by atoms with Crippen LogP contribution in [0.25, 0.3) is 72.1 Å². The molecule has 8 aromatic rings. The van der Waals surface area contributed by atoms with Gasteiger partial charge in [-0.2, -0.15) is 0 Å². The van der Waals surface area contributed by atoms with E-state index in [0.717, 1.165) is 72.1 Å². The maximum atomic E-state index is 8.16. The van der Waals surface area contributed by atoms with Gasteiger partial charge in [-0.3, -0.25) is 4.57 Å². The predicted octanol–water partition coefficient (Wildman–Crippen LogP) is 9.93. The Labute approximate surface area is 233 Å². The predicted molar refractivity (Wildman–Crippen MR) is 165 cm³/mol. The van der Waals surface area contributed by atoms with E-state index in [4.69, 9.17) is 10.8 Å². The largest absolute Gasteiger partial charge is 0.464 e. The lowest BCUT2D eigenvalue weighted by Crippen LogP contribution is -2.03. The van der Waals surface area contributed by atoms with Crippen LogP contribution in [-0.4, -0.2) is 9.55 Å². The summed E-state index contributed by atoms with van der Waals surface area (Å²) in [6, 6.07) is 46.2. The van der Waals surface area contributed by atoms with Gasteiger partial charge in [-0.05, 0) is 46.2 Å². The molecule has 0 saturated carbocycles.